The minimum Gasteiger partial charge on any atom is -0.481 e. The van der Waals surface area contributed by atoms with Crippen LogP contribution in [0.5, 0.6) is 0 Å². The molecule has 1 heterocycles. The predicted octanol–water partition coefficient (Wildman–Crippen LogP) is 2.74. The van der Waals surface area contributed by atoms with Crippen molar-refractivity contribution >= 4 is 29.5 Å². The molecule has 1 aliphatic heterocycles. The molecule has 0 saturated carbocycles. The first kappa shape index (κ1) is 20.3. The highest BCUT2D eigenvalue weighted by Crippen LogP contribution is 2.23. The average molecular weight is 378 g/mol. The highest BCUT2D eigenvalue weighted by atomic mass is 32.2. The Morgan fingerprint density at radius 2 is 1.77 bits per heavy atom. The first-order valence-corrected chi connectivity index (χ1v) is 10.2. The van der Waals surface area contributed by atoms with Gasteiger partial charge in [0.05, 0.1) is 5.88 Å². The molecular formula is C19H26N2O4S. The van der Waals surface area contributed by atoms with Crippen molar-refractivity contribution in [2.45, 2.75) is 44.6 Å². The fourth-order valence-electron chi connectivity index (χ4n) is 2.87. The van der Waals surface area contributed by atoms with Gasteiger partial charge in [-0.1, -0.05) is 37.5 Å². The molecule has 6 nitrogen and oxygen atoms in total. The van der Waals surface area contributed by atoms with Crippen molar-refractivity contribution in [3.63, 3.8) is 0 Å². The number of rotatable bonds is 10. The van der Waals surface area contributed by atoms with Crippen LogP contribution < -0.4 is 5.32 Å². The number of unbranched alkanes of at least 4 members (excludes halogenated alkanes) is 4. The Bertz CT molecular complexity index is 609. The monoisotopic (exact) mass is 378 g/mol. The number of carbonyl (C=O) groups excluding carboxylic acids is 2. The molecule has 0 aromatic heterocycles. The van der Waals surface area contributed by atoms with E-state index in [4.69, 9.17) is 5.11 Å². The lowest BCUT2D eigenvalue weighted by Crippen LogP contribution is -2.47. The Labute approximate surface area is 158 Å². The molecular weight excluding hydrogens is 352 g/mol. The second-order valence-corrected chi connectivity index (χ2v) is 7.36. The first-order chi connectivity index (χ1) is 12.6. The van der Waals surface area contributed by atoms with Gasteiger partial charge in [-0.3, -0.25) is 14.4 Å². The summed E-state index contributed by atoms with van der Waals surface area (Å²) < 4.78 is 0. The van der Waals surface area contributed by atoms with E-state index in [0.29, 0.717) is 30.2 Å². The Kier molecular flexibility index (Phi) is 8.47. The van der Waals surface area contributed by atoms with E-state index in [1.807, 2.05) is 18.2 Å². The normalized spacial score (nSPS) is 16.5. The van der Waals surface area contributed by atoms with Crippen LogP contribution in [0.3, 0.4) is 0 Å². The molecule has 1 aromatic rings. The number of carboxylic acid groups (broad SMARTS) is 1. The number of amides is 2. The SMILES string of the molecule is O=C(O)CCCCCCCNC(=O)C1CSCN1C(=O)c1ccccc1. The first-order valence-electron chi connectivity index (χ1n) is 9.03. The lowest BCUT2D eigenvalue weighted by Gasteiger charge is -2.23. The highest BCUT2D eigenvalue weighted by molar-refractivity contribution is 7.99. The molecule has 7 heteroatoms. The van der Waals surface area contributed by atoms with Crippen LogP contribution in [-0.4, -0.2) is 52.0 Å². The third-order valence-electron chi connectivity index (χ3n) is 4.33. The van der Waals surface area contributed by atoms with Crippen LogP contribution in [0.1, 0.15) is 48.9 Å². The Morgan fingerprint density at radius 1 is 1.08 bits per heavy atom. The number of carboxylic acids is 1. The van der Waals surface area contributed by atoms with Crippen LogP contribution in [0, 0.1) is 0 Å². The molecule has 0 aliphatic carbocycles. The van der Waals surface area contributed by atoms with E-state index in [0.717, 1.165) is 25.7 Å². The van der Waals surface area contributed by atoms with Gasteiger partial charge in [0.2, 0.25) is 5.91 Å². The van der Waals surface area contributed by atoms with Crippen LogP contribution in [0.15, 0.2) is 30.3 Å². The van der Waals surface area contributed by atoms with Gasteiger partial charge in [-0.05, 0) is 25.0 Å². The van der Waals surface area contributed by atoms with Gasteiger partial charge in [0, 0.05) is 24.3 Å². The minimum absolute atomic E-state index is 0.0924. The smallest absolute Gasteiger partial charge is 0.303 e. The van der Waals surface area contributed by atoms with Crippen LogP contribution >= 0.6 is 11.8 Å². The van der Waals surface area contributed by atoms with Gasteiger partial charge in [-0.2, -0.15) is 0 Å². The van der Waals surface area contributed by atoms with Gasteiger partial charge in [0.25, 0.3) is 5.91 Å². The van der Waals surface area contributed by atoms with Gasteiger partial charge in [-0.25, -0.2) is 0 Å². The second-order valence-electron chi connectivity index (χ2n) is 6.36. The van der Waals surface area contributed by atoms with Gasteiger partial charge in [-0.15, -0.1) is 11.8 Å². The zero-order valence-corrected chi connectivity index (χ0v) is 15.7. The Morgan fingerprint density at radius 3 is 2.50 bits per heavy atom. The topological polar surface area (TPSA) is 86.7 Å². The lowest BCUT2D eigenvalue weighted by atomic mass is 10.1. The van der Waals surface area contributed by atoms with E-state index in [1.54, 1.807) is 28.8 Å². The van der Waals surface area contributed by atoms with Gasteiger partial charge in [0.1, 0.15) is 6.04 Å². The van der Waals surface area contributed by atoms with E-state index < -0.39 is 12.0 Å². The molecule has 1 aliphatic rings. The van der Waals surface area contributed by atoms with Gasteiger partial charge in [0.15, 0.2) is 0 Å². The number of nitrogens with zero attached hydrogens (tertiary/aromatic N) is 1. The van der Waals surface area contributed by atoms with Crippen molar-refractivity contribution in [3.05, 3.63) is 35.9 Å². The highest BCUT2D eigenvalue weighted by Gasteiger charge is 2.34. The second kappa shape index (κ2) is 10.9. The standard InChI is InChI=1S/C19H26N2O4S/c22-17(23)11-7-2-1-3-8-12-20-18(24)16-13-26-14-21(16)19(25)15-9-5-4-6-10-15/h4-6,9-10,16H,1-3,7-8,11-14H2,(H,20,24)(H,22,23). The predicted molar refractivity (Wildman–Crippen MR) is 102 cm³/mol. The summed E-state index contributed by atoms with van der Waals surface area (Å²) in [4.78, 5) is 37.1. The summed E-state index contributed by atoms with van der Waals surface area (Å²) in [6, 6.07) is 8.63. The van der Waals surface area contributed by atoms with Crippen LogP contribution in [-0.2, 0) is 9.59 Å². The van der Waals surface area contributed by atoms with E-state index in [1.165, 1.54) is 0 Å². The van der Waals surface area contributed by atoms with Crippen molar-refractivity contribution in [2.75, 3.05) is 18.2 Å². The quantitative estimate of drug-likeness (QED) is 0.612. The third-order valence-corrected chi connectivity index (χ3v) is 5.35. The van der Waals surface area contributed by atoms with Crippen LogP contribution in [0.2, 0.25) is 0 Å². The number of nitrogens with one attached hydrogen (secondary N) is 1. The molecule has 2 rings (SSSR count). The van der Waals surface area contributed by atoms with Gasteiger partial charge < -0.3 is 15.3 Å². The minimum atomic E-state index is -0.749. The van der Waals surface area contributed by atoms with Crippen molar-refractivity contribution < 1.29 is 19.5 Å². The Hall–Kier alpha value is -2.02. The van der Waals surface area contributed by atoms with Crippen LogP contribution in [0.25, 0.3) is 0 Å². The van der Waals surface area contributed by atoms with Crippen molar-refractivity contribution in [1.82, 2.24) is 10.2 Å². The number of carbonyl (C=O) groups is 3. The fourth-order valence-corrected chi connectivity index (χ4v) is 4.02. The van der Waals surface area contributed by atoms with Crippen LogP contribution in [0.4, 0.5) is 0 Å². The summed E-state index contributed by atoms with van der Waals surface area (Å²) in [6.07, 6.45) is 4.64. The van der Waals surface area contributed by atoms with Crippen molar-refractivity contribution in [2.24, 2.45) is 0 Å². The zero-order valence-electron chi connectivity index (χ0n) is 14.9. The molecule has 1 unspecified atom stereocenters. The molecule has 0 radical (unpaired) electrons. The summed E-state index contributed by atoms with van der Waals surface area (Å²) in [5.74, 6) is 0.218. The van der Waals surface area contributed by atoms with E-state index in [2.05, 4.69) is 5.32 Å². The Balaban J connectivity index is 1.68. The molecule has 1 fully saturated rings. The maximum atomic E-state index is 12.6. The molecule has 0 spiro atoms. The maximum Gasteiger partial charge on any atom is 0.303 e. The molecule has 26 heavy (non-hydrogen) atoms. The van der Waals surface area contributed by atoms with E-state index >= 15 is 0 Å². The molecule has 1 atom stereocenters. The molecule has 2 amide bonds. The zero-order chi connectivity index (χ0) is 18.8. The van der Waals surface area contributed by atoms with Crippen molar-refractivity contribution in [3.8, 4) is 0 Å². The molecule has 1 aromatic carbocycles. The fraction of sp³-hybridized carbons (Fsp3) is 0.526. The summed E-state index contributed by atoms with van der Waals surface area (Å²) in [7, 11) is 0. The molecule has 2 N–H and O–H groups in total. The number of thioether (sulfide) groups is 1. The number of hydrogen-bond acceptors (Lipinski definition) is 4. The van der Waals surface area contributed by atoms with E-state index in [9.17, 15) is 14.4 Å². The molecule has 1 saturated heterocycles. The summed E-state index contributed by atoms with van der Waals surface area (Å²) in [5, 5.41) is 11.5. The summed E-state index contributed by atoms with van der Waals surface area (Å²) in [5.41, 5.74) is 0.606. The average Bonchev–Trinajstić information content (AvgIpc) is 3.13. The summed E-state index contributed by atoms with van der Waals surface area (Å²) in [6.45, 7) is 0.590. The number of hydrogen-bond donors (Lipinski definition) is 2. The van der Waals surface area contributed by atoms with Gasteiger partial charge >= 0.3 is 5.97 Å². The molecule has 0 bridgehead atoms. The summed E-state index contributed by atoms with van der Waals surface area (Å²) >= 11 is 1.59. The van der Waals surface area contributed by atoms with Crippen molar-refractivity contribution in [1.29, 1.82) is 0 Å². The maximum absolute atomic E-state index is 12.6. The largest absolute Gasteiger partial charge is 0.481 e. The number of aliphatic carboxylic acids is 1. The number of benzene rings is 1. The third kappa shape index (κ3) is 6.37. The molecule has 142 valence electrons. The lowest BCUT2D eigenvalue weighted by molar-refractivity contribution is -0.137. The van der Waals surface area contributed by atoms with E-state index in [-0.39, 0.29) is 18.2 Å².